The number of benzene rings is 2. The third-order valence-electron chi connectivity index (χ3n) is 3.49. The topological polar surface area (TPSA) is 29.5 Å². The molecule has 21 heavy (non-hydrogen) atoms. The molecular weight excluding hydrogens is 269 g/mol. The van der Waals surface area contributed by atoms with Gasteiger partial charge in [-0.15, -0.1) is 0 Å². The summed E-state index contributed by atoms with van der Waals surface area (Å²) in [5, 5.41) is 0. The van der Waals surface area contributed by atoms with Crippen molar-refractivity contribution in [2.75, 3.05) is 18.6 Å². The van der Waals surface area contributed by atoms with E-state index in [-0.39, 0.29) is 11.8 Å². The summed E-state index contributed by atoms with van der Waals surface area (Å²) in [6.07, 6.45) is 3.89. The Balaban J connectivity index is 2.08. The molecule has 0 radical (unpaired) electrons. The van der Waals surface area contributed by atoms with Gasteiger partial charge < -0.3 is 9.64 Å². The fourth-order valence-corrected chi connectivity index (χ4v) is 2.49. The van der Waals surface area contributed by atoms with E-state index in [9.17, 15) is 9.18 Å². The second-order valence-corrected chi connectivity index (χ2v) is 4.72. The summed E-state index contributed by atoms with van der Waals surface area (Å²) in [5.74, 6) is -0.632. The van der Waals surface area contributed by atoms with E-state index in [1.807, 2.05) is 29.2 Å². The quantitative estimate of drug-likeness (QED) is 0.786. The van der Waals surface area contributed by atoms with Gasteiger partial charge in [-0.2, -0.15) is 0 Å². The van der Waals surface area contributed by atoms with Gasteiger partial charge in [0.1, 0.15) is 5.82 Å². The van der Waals surface area contributed by atoms with Crippen LogP contribution in [0.15, 0.2) is 48.5 Å². The van der Waals surface area contributed by atoms with Crippen molar-refractivity contribution >= 4 is 23.4 Å². The van der Waals surface area contributed by atoms with Crippen LogP contribution >= 0.6 is 0 Å². The molecule has 0 N–H and O–H groups in total. The molecular formula is C17H14FNO2. The first-order valence-electron chi connectivity index (χ1n) is 6.61. The number of nitrogens with zero attached hydrogens (tertiary/aromatic N) is 1. The van der Waals surface area contributed by atoms with E-state index in [0.717, 1.165) is 16.9 Å². The second kappa shape index (κ2) is 5.40. The van der Waals surface area contributed by atoms with E-state index in [1.54, 1.807) is 18.2 Å². The fourth-order valence-electron chi connectivity index (χ4n) is 2.49. The van der Waals surface area contributed by atoms with Crippen molar-refractivity contribution in [1.82, 2.24) is 0 Å². The summed E-state index contributed by atoms with van der Waals surface area (Å²) >= 11 is 0. The Bertz CT molecular complexity index is 707. The number of fused-ring (bicyclic) bond motifs is 1. The maximum Gasteiger partial charge on any atom is 0.338 e. The van der Waals surface area contributed by atoms with E-state index < -0.39 is 0 Å². The van der Waals surface area contributed by atoms with Crippen molar-refractivity contribution in [3.05, 3.63) is 65.5 Å². The number of hydrogen-bond donors (Lipinski definition) is 0. The third kappa shape index (κ3) is 2.40. The van der Waals surface area contributed by atoms with Crippen LogP contribution in [0.3, 0.4) is 0 Å². The first-order chi connectivity index (χ1) is 10.2. The van der Waals surface area contributed by atoms with Crippen molar-refractivity contribution in [3.8, 4) is 0 Å². The van der Waals surface area contributed by atoms with Crippen molar-refractivity contribution in [3.63, 3.8) is 0 Å². The molecule has 0 bridgehead atoms. The van der Waals surface area contributed by atoms with Crippen molar-refractivity contribution in [2.24, 2.45) is 0 Å². The first kappa shape index (κ1) is 13.4. The van der Waals surface area contributed by atoms with Gasteiger partial charge in [-0.1, -0.05) is 18.2 Å². The van der Waals surface area contributed by atoms with Crippen molar-refractivity contribution in [1.29, 1.82) is 0 Å². The van der Waals surface area contributed by atoms with Crippen LogP contribution in [0.2, 0.25) is 0 Å². The lowest BCUT2D eigenvalue weighted by atomic mass is 10.0. The second-order valence-electron chi connectivity index (χ2n) is 4.72. The highest BCUT2D eigenvalue weighted by atomic mass is 19.1. The maximum atomic E-state index is 13.1. The molecule has 2 aromatic rings. The summed E-state index contributed by atoms with van der Waals surface area (Å²) in [4.78, 5) is 13.9. The molecule has 3 nitrogen and oxygen atoms in total. The van der Waals surface area contributed by atoms with Crippen LogP contribution in [-0.2, 0) is 4.74 Å². The van der Waals surface area contributed by atoms with Gasteiger partial charge in [0.05, 0.1) is 12.7 Å². The van der Waals surface area contributed by atoms with Gasteiger partial charge in [0.25, 0.3) is 0 Å². The molecule has 0 aromatic heterocycles. The van der Waals surface area contributed by atoms with Crippen LogP contribution in [0.1, 0.15) is 15.9 Å². The summed E-state index contributed by atoms with van der Waals surface area (Å²) in [6.45, 7) is 0.670. The Morgan fingerprint density at radius 2 is 1.95 bits per heavy atom. The van der Waals surface area contributed by atoms with Crippen LogP contribution in [0.25, 0.3) is 6.08 Å². The molecule has 0 atom stereocenters. The molecule has 0 saturated carbocycles. The zero-order valence-corrected chi connectivity index (χ0v) is 11.5. The summed E-state index contributed by atoms with van der Waals surface area (Å²) in [7, 11) is 1.37. The Morgan fingerprint density at radius 3 is 2.67 bits per heavy atom. The van der Waals surface area contributed by atoms with Gasteiger partial charge in [-0.05, 0) is 36.4 Å². The average molecular weight is 283 g/mol. The highest BCUT2D eigenvalue weighted by molar-refractivity contribution is 5.97. The van der Waals surface area contributed by atoms with E-state index in [1.165, 1.54) is 19.2 Å². The highest BCUT2D eigenvalue weighted by Crippen LogP contribution is 2.34. The number of carbonyl (C=O) groups excluding carboxylic acids is 1. The predicted octanol–water partition coefficient (Wildman–Crippen LogP) is 3.78. The van der Waals surface area contributed by atoms with Crippen LogP contribution < -0.4 is 4.90 Å². The van der Waals surface area contributed by atoms with E-state index in [4.69, 9.17) is 4.74 Å². The lowest BCUT2D eigenvalue weighted by molar-refractivity contribution is 0.0600. The molecule has 0 unspecified atom stereocenters. The highest BCUT2D eigenvalue weighted by Gasteiger charge is 2.20. The molecule has 106 valence electrons. The normalized spacial score (nSPS) is 13.0. The molecule has 1 aliphatic heterocycles. The van der Waals surface area contributed by atoms with Crippen LogP contribution in [0, 0.1) is 5.82 Å². The number of methoxy groups -OCH3 is 1. The molecule has 4 heteroatoms. The van der Waals surface area contributed by atoms with Gasteiger partial charge in [-0.25, -0.2) is 9.18 Å². The van der Waals surface area contributed by atoms with Gasteiger partial charge in [0, 0.05) is 23.5 Å². The van der Waals surface area contributed by atoms with Crippen LogP contribution in [0.5, 0.6) is 0 Å². The van der Waals surface area contributed by atoms with Gasteiger partial charge in [0.2, 0.25) is 0 Å². The number of carbonyl (C=O) groups is 1. The smallest absolute Gasteiger partial charge is 0.338 e. The van der Waals surface area contributed by atoms with E-state index in [0.29, 0.717) is 12.1 Å². The minimum Gasteiger partial charge on any atom is -0.465 e. The minimum atomic E-state index is -0.363. The Labute approximate surface area is 122 Å². The zero-order chi connectivity index (χ0) is 14.8. The number of hydrogen-bond acceptors (Lipinski definition) is 3. The Kier molecular flexibility index (Phi) is 3.44. The Morgan fingerprint density at radius 1 is 1.19 bits per heavy atom. The molecule has 0 spiro atoms. The molecule has 0 saturated heterocycles. The Hall–Kier alpha value is -2.62. The summed E-state index contributed by atoms with van der Waals surface area (Å²) in [6, 6.07) is 11.8. The molecule has 0 aliphatic carbocycles. The van der Waals surface area contributed by atoms with Gasteiger partial charge >= 0.3 is 5.97 Å². The monoisotopic (exact) mass is 283 g/mol. The zero-order valence-electron chi connectivity index (χ0n) is 11.5. The fraction of sp³-hybridized carbons (Fsp3) is 0.118. The minimum absolute atomic E-state index is 0.269. The standard InChI is InChI=1S/C17H14FNO2/c1-21-17(20)15-4-2-6-16-14(15)5-3-11-19(16)13-9-7-12(18)8-10-13/h2-10H,11H2,1H3. The maximum absolute atomic E-state index is 13.1. The van der Waals surface area contributed by atoms with Crippen molar-refractivity contribution in [2.45, 2.75) is 0 Å². The van der Waals surface area contributed by atoms with E-state index >= 15 is 0 Å². The third-order valence-corrected chi connectivity index (χ3v) is 3.49. The average Bonchev–Trinajstić information content (AvgIpc) is 2.54. The number of rotatable bonds is 2. The summed E-state index contributed by atoms with van der Waals surface area (Å²) in [5.41, 5.74) is 3.13. The molecule has 2 aromatic carbocycles. The molecule has 0 fully saturated rings. The molecule has 1 aliphatic rings. The molecule has 0 amide bonds. The number of halogens is 1. The van der Waals surface area contributed by atoms with E-state index in [2.05, 4.69) is 0 Å². The first-order valence-corrected chi connectivity index (χ1v) is 6.61. The van der Waals surface area contributed by atoms with Gasteiger partial charge in [-0.3, -0.25) is 0 Å². The predicted molar refractivity (Wildman–Crippen MR) is 80.2 cm³/mol. The van der Waals surface area contributed by atoms with Crippen LogP contribution in [-0.4, -0.2) is 19.6 Å². The van der Waals surface area contributed by atoms with Crippen molar-refractivity contribution < 1.29 is 13.9 Å². The molecule has 1 heterocycles. The summed E-state index contributed by atoms with van der Waals surface area (Å²) < 4.78 is 17.9. The number of esters is 1. The largest absolute Gasteiger partial charge is 0.465 e. The number of ether oxygens (including phenoxy) is 1. The SMILES string of the molecule is COC(=O)c1cccc2c1C=CCN2c1ccc(F)cc1. The lowest BCUT2D eigenvalue weighted by Gasteiger charge is -2.29. The van der Waals surface area contributed by atoms with Crippen LogP contribution in [0.4, 0.5) is 15.8 Å². The molecule has 3 rings (SSSR count). The number of anilines is 2. The lowest BCUT2D eigenvalue weighted by Crippen LogP contribution is -2.21. The van der Waals surface area contributed by atoms with Gasteiger partial charge in [0.15, 0.2) is 0 Å².